The zero-order chi connectivity index (χ0) is 11.5. The van der Waals surface area contributed by atoms with Gasteiger partial charge in [-0.15, -0.1) is 0 Å². The highest BCUT2D eigenvalue weighted by atomic mass is 127. The van der Waals surface area contributed by atoms with Crippen LogP contribution in [0.25, 0.3) is 0 Å². The van der Waals surface area contributed by atoms with Gasteiger partial charge in [-0.1, -0.05) is 30.3 Å². The molecule has 0 aliphatic heterocycles. The Bertz CT molecular complexity index is 549. The third-order valence-corrected chi connectivity index (χ3v) is 3.13. The molecule has 2 aromatic rings. The van der Waals surface area contributed by atoms with E-state index in [2.05, 4.69) is 4.98 Å². The highest BCUT2D eigenvalue weighted by Gasteiger charge is 2.05. The lowest BCUT2D eigenvalue weighted by Gasteiger charge is -2.09. The smallest absolute Gasteiger partial charge is 0.267 e. The van der Waals surface area contributed by atoms with Crippen molar-refractivity contribution in [1.29, 1.82) is 0 Å². The summed E-state index contributed by atoms with van der Waals surface area (Å²) < 4.78 is 2.34. The lowest BCUT2D eigenvalue weighted by Crippen LogP contribution is -2.26. The van der Waals surface area contributed by atoms with Gasteiger partial charge >= 0.3 is 0 Å². The van der Waals surface area contributed by atoms with Crippen LogP contribution in [0.3, 0.4) is 0 Å². The predicted octanol–water partition coefficient (Wildman–Crippen LogP) is 2.20. The Kier molecular flexibility index (Phi) is 3.38. The molecule has 0 fully saturated rings. The number of rotatable bonds is 2. The first kappa shape index (κ1) is 11.3. The maximum atomic E-state index is 11.9. The molecule has 1 aromatic heterocycles. The first-order valence-electron chi connectivity index (χ1n) is 4.94. The van der Waals surface area contributed by atoms with Crippen LogP contribution in [0.2, 0.25) is 0 Å². The van der Waals surface area contributed by atoms with Gasteiger partial charge in [-0.25, -0.2) is 4.98 Å². The molecule has 82 valence electrons. The minimum atomic E-state index is 0.0250. The lowest BCUT2D eigenvalue weighted by molar-refractivity contribution is 0.695. The molecule has 16 heavy (non-hydrogen) atoms. The molecule has 0 unspecified atom stereocenters. The van der Waals surface area contributed by atoms with E-state index in [9.17, 15) is 4.79 Å². The third kappa shape index (κ3) is 2.32. The second-order valence-corrected chi connectivity index (χ2v) is 4.69. The molecule has 3 nitrogen and oxygen atoms in total. The van der Waals surface area contributed by atoms with Gasteiger partial charge in [0, 0.05) is 6.20 Å². The summed E-state index contributed by atoms with van der Waals surface area (Å²) in [6.07, 6.45) is 1.61. The van der Waals surface area contributed by atoms with E-state index in [1.165, 1.54) is 0 Å². The van der Waals surface area contributed by atoms with Crippen LogP contribution in [0.15, 0.2) is 41.3 Å². The van der Waals surface area contributed by atoms with E-state index in [-0.39, 0.29) is 5.56 Å². The van der Waals surface area contributed by atoms with Crippen LogP contribution in [0.4, 0.5) is 0 Å². The Morgan fingerprint density at radius 3 is 2.69 bits per heavy atom. The van der Waals surface area contributed by atoms with Crippen molar-refractivity contribution in [3.05, 3.63) is 61.8 Å². The second-order valence-electron chi connectivity index (χ2n) is 3.53. The van der Waals surface area contributed by atoms with Gasteiger partial charge in [-0.3, -0.25) is 9.36 Å². The zero-order valence-electron chi connectivity index (χ0n) is 8.85. The van der Waals surface area contributed by atoms with Crippen molar-refractivity contribution in [2.75, 3.05) is 0 Å². The number of hydrogen-bond acceptors (Lipinski definition) is 2. The van der Waals surface area contributed by atoms with Crippen molar-refractivity contribution in [1.82, 2.24) is 9.55 Å². The number of halogens is 1. The van der Waals surface area contributed by atoms with Crippen molar-refractivity contribution in [2.45, 2.75) is 13.5 Å². The van der Waals surface area contributed by atoms with Gasteiger partial charge in [-0.2, -0.15) is 0 Å². The van der Waals surface area contributed by atoms with E-state index in [1.807, 2.05) is 59.8 Å². The summed E-state index contributed by atoms with van der Waals surface area (Å²) in [4.78, 5) is 16.1. The Morgan fingerprint density at radius 2 is 2.00 bits per heavy atom. The van der Waals surface area contributed by atoms with Crippen molar-refractivity contribution < 1.29 is 0 Å². The van der Waals surface area contributed by atoms with Crippen LogP contribution in [0, 0.1) is 10.5 Å². The number of aromatic nitrogens is 2. The fraction of sp³-hybridized carbons (Fsp3) is 0.167. The second kappa shape index (κ2) is 4.78. The monoisotopic (exact) mass is 326 g/mol. The highest BCUT2D eigenvalue weighted by Crippen LogP contribution is 2.03. The van der Waals surface area contributed by atoms with E-state index >= 15 is 0 Å². The molecule has 1 heterocycles. The average Bonchev–Trinajstić information content (AvgIpc) is 2.31. The van der Waals surface area contributed by atoms with Crippen molar-refractivity contribution in [3.8, 4) is 0 Å². The van der Waals surface area contributed by atoms with Crippen molar-refractivity contribution in [3.63, 3.8) is 0 Å². The topological polar surface area (TPSA) is 34.9 Å². The number of nitrogens with zero attached hydrogens (tertiary/aromatic N) is 2. The van der Waals surface area contributed by atoms with Gasteiger partial charge in [0.05, 0.1) is 10.1 Å². The predicted molar refractivity (Wildman–Crippen MR) is 71.5 cm³/mol. The molecule has 0 radical (unpaired) electrons. The third-order valence-electron chi connectivity index (χ3n) is 2.39. The van der Waals surface area contributed by atoms with Crippen LogP contribution in [-0.2, 0) is 6.54 Å². The quantitative estimate of drug-likeness (QED) is 0.793. The van der Waals surface area contributed by atoms with Crippen LogP contribution in [0.5, 0.6) is 0 Å². The fourth-order valence-corrected chi connectivity index (χ4v) is 1.93. The van der Waals surface area contributed by atoms with Gasteiger partial charge in [0.2, 0.25) is 0 Å². The van der Waals surface area contributed by atoms with Gasteiger partial charge in [0.25, 0.3) is 5.56 Å². The van der Waals surface area contributed by atoms with E-state index in [1.54, 1.807) is 10.8 Å². The van der Waals surface area contributed by atoms with Crippen LogP contribution < -0.4 is 5.56 Å². The summed E-state index contributed by atoms with van der Waals surface area (Å²) in [6.45, 7) is 2.43. The Morgan fingerprint density at radius 1 is 1.31 bits per heavy atom. The van der Waals surface area contributed by atoms with Crippen LogP contribution >= 0.6 is 22.6 Å². The largest absolute Gasteiger partial charge is 0.292 e. The fourth-order valence-electron chi connectivity index (χ4n) is 1.50. The minimum Gasteiger partial charge on any atom is -0.292 e. The molecule has 0 spiro atoms. The highest BCUT2D eigenvalue weighted by molar-refractivity contribution is 14.1. The molecular weight excluding hydrogens is 315 g/mol. The molecule has 0 amide bonds. The van der Waals surface area contributed by atoms with Crippen molar-refractivity contribution >= 4 is 22.6 Å². The average molecular weight is 326 g/mol. The molecule has 4 heteroatoms. The summed E-state index contributed by atoms with van der Waals surface area (Å²) in [5.74, 6) is 0.745. The Hall–Kier alpha value is -1.17. The zero-order valence-corrected chi connectivity index (χ0v) is 11.0. The summed E-state index contributed by atoms with van der Waals surface area (Å²) in [5.41, 5.74) is 1.13. The van der Waals surface area contributed by atoms with E-state index in [4.69, 9.17) is 0 Å². The number of benzene rings is 1. The molecule has 0 saturated carbocycles. The molecule has 0 aliphatic carbocycles. The first-order chi connectivity index (χ1) is 7.68. The summed E-state index contributed by atoms with van der Waals surface area (Å²) in [5, 5.41) is 0. The molecule has 0 aliphatic rings. The summed E-state index contributed by atoms with van der Waals surface area (Å²) in [6, 6.07) is 9.91. The normalized spacial score (nSPS) is 10.4. The van der Waals surface area contributed by atoms with Crippen LogP contribution in [0.1, 0.15) is 11.4 Å². The Balaban J connectivity index is 2.43. The standard InChI is InChI=1S/C12H11IN2O/c1-9-14-7-11(13)12(16)15(9)8-10-5-3-2-4-6-10/h2-7H,8H2,1H3. The SMILES string of the molecule is Cc1ncc(I)c(=O)n1Cc1ccccc1. The molecular formula is C12H11IN2O. The molecule has 0 N–H and O–H groups in total. The maximum absolute atomic E-state index is 11.9. The van der Waals surface area contributed by atoms with Crippen LogP contribution in [-0.4, -0.2) is 9.55 Å². The van der Waals surface area contributed by atoms with E-state index in [0.29, 0.717) is 10.1 Å². The minimum absolute atomic E-state index is 0.0250. The van der Waals surface area contributed by atoms with Gasteiger partial charge < -0.3 is 0 Å². The van der Waals surface area contributed by atoms with Gasteiger partial charge in [0.15, 0.2) is 0 Å². The lowest BCUT2D eigenvalue weighted by atomic mass is 10.2. The summed E-state index contributed by atoms with van der Waals surface area (Å²) in [7, 11) is 0. The van der Waals surface area contributed by atoms with E-state index < -0.39 is 0 Å². The number of aryl methyl sites for hydroxylation is 1. The molecule has 0 saturated heterocycles. The van der Waals surface area contributed by atoms with Gasteiger partial charge in [-0.05, 0) is 35.1 Å². The number of hydrogen-bond donors (Lipinski definition) is 0. The molecule has 0 bridgehead atoms. The molecule has 2 rings (SSSR count). The summed E-state index contributed by atoms with van der Waals surface area (Å²) >= 11 is 2.01. The van der Waals surface area contributed by atoms with Crippen molar-refractivity contribution in [2.24, 2.45) is 0 Å². The van der Waals surface area contributed by atoms with E-state index in [0.717, 1.165) is 11.4 Å². The first-order valence-corrected chi connectivity index (χ1v) is 6.02. The molecule has 0 atom stereocenters. The maximum Gasteiger partial charge on any atom is 0.267 e. The Labute approximate surface area is 107 Å². The van der Waals surface area contributed by atoms with Gasteiger partial charge in [0.1, 0.15) is 5.82 Å². The molecule has 1 aromatic carbocycles.